The molecule has 1 aromatic heterocycles. The van der Waals surface area contributed by atoms with Gasteiger partial charge in [-0.15, -0.1) is 0 Å². The van der Waals surface area contributed by atoms with Crippen molar-refractivity contribution in [1.82, 2.24) is 4.90 Å². The van der Waals surface area contributed by atoms with Crippen molar-refractivity contribution in [2.24, 2.45) is 10.8 Å². The van der Waals surface area contributed by atoms with Gasteiger partial charge in [0.25, 0.3) is 5.91 Å². The first-order valence-electron chi connectivity index (χ1n) is 8.29. The Balaban J connectivity index is 1.59. The summed E-state index contributed by atoms with van der Waals surface area (Å²) >= 11 is 0. The standard InChI is InChI=1S/C17H22N2O6/c1-16(2)6-11-7-17(3,9-16)10-18(11)13(20)8-24-15(21)12-4-5-14(25-12)19(22)23/h4-5,11H,6-10H2,1-3H3/t11-,17+/m0/s1. The van der Waals surface area contributed by atoms with E-state index >= 15 is 0 Å². The third kappa shape index (κ3) is 3.52. The quantitative estimate of drug-likeness (QED) is 0.470. The molecule has 2 heterocycles. The first kappa shape index (κ1) is 17.4. The molecule has 136 valence electrons. The molecular formula is C17H22N2O6. The number of hydrogen-bond acceptors (Lipinski definition) is 6. The summed E-state index contributed by atoms with van der Waals surface area (Å²) in [5, 5.41) is 10.6. The Morgan fingerprint density at radius 2 is 2.08 bits per heavy atom. The van der Waals surface area contributed by atoms with Crippen LogP contribution in [0, 0.1) is 20.9 Å². The lowest BCUT2D eigenvalue weighted by Crippen LogP contribution is -2.39. The average molecular weight is 350 g/mol. The molecule has 1 amide bonds. The normalized spacial score (nSPS) is 27.2. The summed E-state index contributed by atoms with van der Waals surface area (Å²) in [5.41, 5.74) is 0.296. The van der Waals surface area contributed by atoms with Crippen LogP contribution < -0.4 is 0 Å². The molecule has 2 fully saturated rings. The number of nitrogens with zero attached hydrogens (tertiary/aromatic N) is 2. The van der Waals surface area contributed by atoms with Gasteiger partial charge in [-0.05, 0) is 36.2 Å². The average Bonchev–Trinajstić information content (AvgIpc) is 3.06. The molecule has 1 aromatic rings. The number of carbonyl (C=O) groups excluding carboxylic acids is 2. The van der Waals surface area contributed by atoms with Crippen LogP contribution >= 0.6 is 0 Å². The van der Waals surface area contributed by atoms with Gasteiger partial charge in [-0.2, -0.15) is 0 Å². The van der Waals surface area contributed by atoms with Gasteiger partial charge in [-0.1, -0.05) is 20.8 Å². The fraction of sp³-hybridized carbons (Fsp3) is 0.647. The van der Waals surface area contributed by atoms with Crippen molar-refractivity contribution >= 4 is 17.8 Å². The van der Waals surface area contributed by atoms with E-state index in [0.29, 0.717) is 6.54 Å². The largest absolute Gasteiger partial charge is 0.450 e. The summed E-state index contributed by atoms with van der Waals surface area (Å²) in [4.78, 5) is 36.0. The van der Waals surface area contributed by atoms with E-state index in [1.165, 1.54) is 0 Å². The van der Waals surface area contributed by atoms with Gasteiger partial charge in [0, 0.05) is 12.6 Å². The number of nitro groups is 1. The van der Waals surface area contributed by atoms with Crippen LogP contribution in [-0.2, 0) is 9.53 Å². The van der Waals surface area contributed by atoms with Crippen molar-refractivity contribution < 1.29 is 23.7 Å². The molecule has 1 saturated heterocycles. The Hall–Kier alpha value is -2.38. The summed E-state index contributed by atoms with van der Waals surface area (Å²) in [6.07, 6.45) is 2.98. The molecule has 2 bridgehead atoms. The fourth-order valence-electron chi connectivity index (χ4n) is 4.57. The molecule has 0 N–H and O–H groups in total. The van der Waals surface area contributed by atoms with Crippen molar-refractivity contribution in [2.45, 2.75) is 46.1 Å². The Kier molecular flexibility index (Phi) is 4.09. The van der Waals surface area contributed by atoms with Crippen LogP contribution in [0.5, 0.6) is 0 Å². The number of rotatable bonds is 4. The molecule has 1 aliphatic carbocycles. The van der Waals surface area contributed by atoms with Crippen LogP contribution in [0.25, 0.3) is 0 Å². The van der Waals surface area contributed by atoms with Crippen LogP contribution in [0.3, 0.4) is 0 Å². The van der Waals surface area contributed by atoms with E-state index < -0.39 is 16.8 Å². The zero-order chi connectivity index (χ0) is 18.4. The zero-order valence-electron chi connectivity index (χ0n) is 14.6. The molecule has 25 heavy (non-hydrogen) atoms. The van der Waals surface area contributed by atoms with Gasteiger partial charge in [0.15, 0.2) is 6.61 Å². The van der Waals surface area contributed by atoms with E-state index in [9.17, 15) is 19.7 Å². The molecule has 1 saturated carbocycles. The molecule has 0 unspecified atom stereocenters. The number of furan rings is 1. The number of esters is 1. The number of carbonyl (C=O) groups is 2. The Bertz CT molecular complexity index is 724. The van der Waals surface area contributed by atoms with Crippen LogP contribution in [0.1, 0.15) is 50.6 Å². The lowest BCUT2D eigenvalue weighted by molar-refractivity contribution is -0.402. The lowest BCUT2D eigenvalue weighted by Gasteiger charge is -2.39. The second-order valence-electron chi connectivity index (χ2n) is 8.21. The van der Waals surface area contributed by atoms with Crippen molar-refractivity contribution in [1.29, 1.82) is 0 Å². The Morgan fingerprint density at radius 1 is 1.36 bits per heavy atom. The lowest BCUT2D eigenvalue weighted by atomic mass is 9.65. The summed E-state index contributed by atoms with van der Waals surface area (Å²) in [5.74, 6) is -1.94. The molecular weight excluding hydrogens is 328 g/mol. The van der Waals surface area contributed by atoms with Crippen molar-refractivity contribution in [3.63, 3.8) is 0 Å². The highest BCUT2D eigenvalue weighted by atomic mass is 16.7. The number of amides is 1. The minimum Gasteiger partial charge on any atom is -0.450 e. The van der Waals surface area contributed by atoms with Crippen molar-refractivity contribution in [3.05, 3.63) is 28.0 Å². The third-order valence-corrected chi connectivity index (χ3v) is 5.03. The predicted molar refractivity (Wildman–Crippen MR) is 86.9 cm³/mol. The number of fused-ring (bicyclic) bond motifs is 2. The fourth-order valence-corrected chi connectivity index (χ4v) is 4.57. The maximum absolute atomic E-state index is 12.5. The Morgan fingerprint density at radius 3 is 2.72 bits per heavy atom. The molecule has 1 aliphatic heterocycles. The number of ether oxygens (including phenoxy) is 1. The highest BCUT2D eigenvalue weighted by Gasteiger charge is 2.50. The van der Waals surface area contributed by atoms with E-state index in [-0.39, 0.29) is 35.1 Å². The van der Waals surface area contributed by atoms with Gasteiger partial charge in [0.2, 0.25) is 5.76 Å². The van der Waals surface area contributed by atoms with E-state index in [2.05, 4.69) is 20.8 Å². The molecule has 2 atom stereocenters. The topological polar surface area (TPSA) is 103 Å². The monoisotopic (exact) mass is 350 g/mol. The highest BCUT2D eigenvalue weighted by molar-refractivity contribution is 5.89. The van der Waals surface area contributed by atoms with E-state index in [4.69, 9.17) is 9.15 Å². The molecule has 2 aliphatic rings. The molecule has 8 nitrogen and oxygen atoms in total. The first-order valence-corrected chi connectivity index (χ1v) is 8.29. The molecule has 0 spiro atoms. The van der Waals surface area contributed by atoms with Gasteiger partial charge in [0.05, 0.1) is 6.07 Å². The number of hydrogen-bond donors (Lipinski definition) is 0. The van der Waals surface area contributed by atoms with Gasteiger partial charge in [-0.3, -0.25) is 14.9 Å². The summed E-state index contributed by atoms with van der Waals surface area (Å²) in [7, 11) is 0. The van der Waals surface area contributed by atoms with Gasteiger partial charge in [-0.25, -0.2) is 4.79 Å². The van der Waals surface area contributed by atoms with E-state index in [1.807, 2.05) is 4.90 Å². The van der Waals surface area contributed by atoms with Crippen molar-refractivity contribution in [2.75, 3.05) is 13.2 Å². The molecule has 3 rings (SSSR count). The predicted octanol–water partition coefficient (Wildman–Crippen LogP) is 2.77. The SMILES string of the molecule is CC1(C)C[C@H]2C[C@@](C)(CN2C(=O)COC(=O)c2ccc([N+](=O)[O-])o2)C1. The molecule has 0 radical (unpaired) electrons. The van der Waals surface area contributed by atoms with Crippen LogP contribution in [0.15, 0.2) is 16.5 Å². The summed E-state index contributed by atoms with van der Waals surface area (Å²) in [6, 6.07) is 2.41. The minimum atomic E-state index is -0.879. The number of likely N-dealkylation sites (tertiary alicyclic amines) is 1. The summed E-state index contributed by atoms with van der Waals surface area (Å²) < 4.78 is 9.76. The van der Waals surface area contributed by atoms with Gasteiger partial charge >= 0.3 is 11.9 Å². The van der Waals surface area contributed by atoms with Gasteiger partial charge in [0.1, 0.15) is 4.92 Å². The summed E-state index contributed by atoms with van der Waals surface area (Å²) in [6.45, 7) is 6.91. The zero-order valence-corrected chi connectivity index (χ0v) is 14.6. The molecule has 8 heteroatoms. The smallest absolute Gasteiger partial charge is 0.433 e. The van der Waals surface area contributed by atoms with Crippen LogP contribution in [0.4, 0.5) is 5.88 Å². The maximum atomic E-state index is 12.5. The van der Waals surface area contributed by atoms with Gasteiger partial charge < -0.3 is 14.1 Å². The van der Waals surface area contributed by atoms with Crippen molar-refractivity contribution in [3.8, 4) is 0 Å². The molecule has 0 aromatic carbocycles. The Labute approximate surface area is 145 Å². The highest BCUT2D eigenvalue weighted by Crippen LogP contribution is 2.52. The second-order valence-corrected chi connectivity index (χ2v) is 8.21. The van der Waals surface area contributed by atoms with E-state index in [0.717, 1.165) is 31.4 Å². The maximum Gasteiger partial charge on any atom is 0.433 e. The van der Waals surface area contributed by atoms with Crippen LogP contribution in [0.2, 0.25) is 0 Å². The van der Waals surface area contributed by atoms with Crippen LogP contribution in [-0.4, -0.2) is 40.9 Å². The third-order valence-electron chi connectivity index (χ3n) is 5.03. The first-order chi connectivity index (χ1) is 11.6. The second kappa shape index (κ2) is 5.86. The van der Waals surface area contributed by atoms with E-state index in [1.54, 1.807) is 0 Å². The minimum absolute atomic E-state index is 0.105.